The van der Waals surface area contributed by atoms with Crippen LogP contribution in [0.25, 0.3) is 0 Å². The van der Waals surface area contributed by atoms with Crippen molar-refractivity contribution in [3.05, 3.63) is 0 Å². The highest BCUT2D eigenvalue weighted by Gasteiger charge is 2.22. The first-order chi connectivity index (χ1) is 6.24. The zero-order valence-electron chi connectivity index (χ0n) is 9.34. The van der Waals surface area contributed by atoms with Crippen molar-refractivity contribution >= 4 is 0 Å². The van der Waals surface area contributed by atoms with Crippen LogP contribution in [-0.2, 0) is 0 Å². The fourth-order valence-electron chi connectivity index (χ4n) is 2.13. The minimum atomic E-state index is 0.790. The highest BCUT2D eigenvalue weighted by atomic mass is 15.2. The molecule has 0 aromatic carbocycles. The molecular formula is C11H24N2. The van der Waals surface area contributed by atoms with E-state index in [2.05, 4.69) is 24.1 Å². The Bertz CT molecular complexity index is 136. The lowest BCUT2D eigenvalue weighted by atomic mass is 10.1. The Labute approximate surface area is 82.7 Å². The van der Waals surface area contributed by atoms with Gasteiger partial charge in [-0.3, -0.25) is 0 Å². The summed E-state index contributed by atoms with van der Waals surface area (Å²) in [5, 5.41) is 3.20. The van der Waals surface area contributed by atoms with Crippen LogP contribution in [0.3, 0.4) is 0 Å². The second kappa shape index (κ2) is 5.61. The van der Waals surface area contributed by atoms with Gasteiger partial charge >= 0.3 is 0 Å². The summed E-state index contributed by atoms with van der Waals surface area (Å²) in [5.41, 5.74) is 0. The van der Waals surface area contributed by atoms with Gasteiger partial charge < -0.3 is 10.2 Å². The van der Waals surface area contributed by atoms with Gasteiger partial charge in [-0.1, -0.05) is 6.92 Å². The summed E-state index contributed by atoms with van der Waals surface area (Å²) in [7, 11) is 2.03. The van der Waals surface area contributed by atoms with E-state index in [1.807, 2.05) is 7.05 Å². The standard InChI is InChI=1S/C11H24N2/c1-10-6-8-13(9-10)11(2)5-4-7-12-3/h10-12H,4-9H2,1-3H3. The van der Waals surface area contributed by atoms with Gasteiger partial charge in [0.2, 0.25) is 0 Å². The van der Waals surface area contributed by atoms with E-state index in [-0.39, 0.29) is 0 Å². The number of hydrogen-bond donors (Lipinski definition) is 1. The molecular weight excluding hydrogens is 160 g/mol. The van der Waals surface area contributed by atoms with E-state index in [0.29, 0.717) is 0 Å². The lowest BCUT2D eigenvalue weighted by Crippen LogP contribution is -2.31. The average molecular weight is 184 g/mol. The monoisotopic (exact) mass is 184 g/mol. The Morgan fingerprint density at radius 2 is 2.31 bits per heavy atom. The smallest absolute Gasteiger partial charge is 0.00675 e. The van der Waals surface area contributed by atoms with Crippen LogP contribution in [0.5, 0.6) is 0 Å². The molecule has 1 saturated heterocycles. The molecule has 0 aromatic rings. The number of likely N-dealkylation sites (tertiary alicyclic amines) is 1. The molecule has 2 unspecified atom stereocenters. The third kappa shape index (κ3) is 3.65. The first-order valence-electron chi connectivity index (χ1n) is 5.62. The van der Waals surface area contributed by atoms with Gasteiger partial charge in [-0.25, -0.2) is 0 Å². The van der Waals surface area contributed by atoms with E-state index in [4.69, 9.17) is 0 Å². The van der Waals surface area contributed by atoms with Gasteiger partial charge in [-0.2, -0.15) is 0 Å². The van der Waals surface area contributed by atoms with Gasteiger partial charge in [0.1, 0.15) is 0 Å². The van der Waals surface area contributed by atoms with Crippen LogP contribution in [0.15, 0.2) is 0 Å². The summed E-state index contributed by atoms with van der Waals surface area (Å²) < 4.78 is 0. The molecule has 1 N–H and O–H groups in total. The summed E-state index contributed by atoms with van der Waals surface area (Å²) in [5.74, 6) is 0.923. The molecule has 13 heavy (non-hydrogen) atoms. The molecule has 1 aliphatic heterocycles. The second-order valence-corrected chi connectivity index (χ2v) is 4.48. The molecule has 1 rings (SSSR count). The molecule has 2 atom stereocenters. The van der Waals surface area contributed by atoms with E-state index in [9.17, 15) is 0 Å². The Morgan fingerprint density at radius 3 is 2.85 bits per heavy atom. The van der Waals surface area contributed by atoms with Gasteiger partial charge in [0, 0.05) is 12.6 Å². The molecule has 0 bridgehead atoms. The van der Waals surface area contributed by atoms with Crippen molar-refractivity contribution in [3.8, 4) is 0 Å². The third-order valence-corrected chi connectivity index (χ3v) is 3.13. The van der Waals surface area contributed by atoms with E-state index < -0.39 is 0 Å². The van der Waals surface area contributed by atoms with Crippen LogP contribution in [0.4, 0.5) is 0 Å². The molecule has 0 aliphatic carbocycles. The fraction of sp³-hybridized carbons (Fsp3) is 1.00. The fourth-order valence-corrected chi connectivity index (χ4v) is 2.13. The van der Waals surface area contributed by atoms with Crippen LogP contribution in [0, 0.1) is 5.92 Å². The molecule has 2 nitrogen and oxygen atoms in total. The van der Waals surface area contributed by atoms with Crippen molar-refractivity contribution in [2.45, 2.75) is 39.2 Å². The topological polar surface area (TPSA) is 15.3 Å². The molecule has 0 spiro atoms. The maximum Gasteiger partial charge on any atom is 0.00675 e. The summed E-state index contributed by atoms with van der Waals surface area (Å²) in [6.45, 7) is 8.53. The van der Waals surface area contributed by atoms with Gasteiger partial charge in [0.05, 0.1) is 0 Å². The zero-order chi connectivity index (χ0) is 9.68. The number of nitrogens with zero attached hydrogens (tertiary/aromatic N) is 1. The molecule has 1 aliphatic rings. The predicted molar refractivity (Wildman–Crippen MR) is 58.0 cm³/mol. The quantitative estimate of drug-likeness (QED) is 0.654. The SMILES string of the molecule is CNCCCC(C)N1CCC(C)C1. The van der Waals surface area contributed by atoms with Gasteiger partial charge in [0.25, 0.3) is 0 Å². The Hall–Kier alpha value is -0.0800. The minimum Gasteiger partial charge on any atom is -0.320 e. The molecule has 1 heterocycles. The maximum absolute atomic E-state index is 3.20. The first kappa shape index (κ1) is 11.0. The Kier molecular flexibility index (Phi) is 4.74. The van der Waals surface area contributed by atoms with Crippen LogP contribution >= 0.6 is 0 Å². The highest BCUT2D eigenvalue weighted by Crippen LogP contribution is 2.19. The van der Waals surface area contributed by atoms with Gasteiger partial charge in [-0.05, 0) is 52.2 Å². The second-order valence-electron chi connectivity index (χ2n) is 4.48. The largest absolute Gasteiger partial charge is 0.320 e. The number of nitrogens with one attached hydrogen (secondary N) is 1. The lowest BCUT2D eigenvalue weighted by Gasteiger charge is -2.23. The van der Waals surface area contributed by atoms with Crippen molar-refractivity contribution in [3.63, 3.8) is 0 Å². The van der Waals surface area contributed by atoms with E-state index in [0.717, 1.165) is 18.5 Å². The normalized spacial score (nSPS) is 26.5. The average Bonchev–Trinajstić information content (AvgIpc) is 2.52. The molecule has 0 amide bonds. The molecule has 0 aromatic heterocycles. The number of hydrogen-bond acceptors (Lipinski definition) is 2. The van der Waals surface area contributed by atoms with E-state index in [1.165, 1.54) is 32.4 Å². The molecule has 0 radical (unpaired) electrons. The number of rotatable bonds is 5. The molecule has 2 heteroatoms. The van der Waals surface area contributed by atoms with Gasteiger partial charge in [0.15, 0.2) is 0 Å². The van der Waals surface area contributed by atoms with Crippen LogP contribution < -0.4 is 5.32 Å². The van der Waals surface area contributed by atoms with Crippen LogP contribution in [0.2, 0.25) is 0 Å². The van der Waals surface area contributed by atoms with Crippen LogP contribution in [0.1, 0.15) is 33.1 Å². The van der Waals surface area contributed by atoms with Crippen molar-refractivity contribution in [2.24, 2.45) is 5.92 Å². The third-order valence-electron chi connectivity index (χ3n) is 3.13. The Morgan fingerprint density at radius 1 is 1.54 bits per heavy atom. The van der Waals surface area contributed by atoms with Crippen molar-refractivity contribution in [1.29, 1.82) is 0 Å². The predicted octanol–water partition coefficient (Wildman–Crippen LogP) is 1.72. The van der Waals surface area contributed by atoms with Crippen molar-refractivity contribution < 1.29 is 0 Å². The minimum absolute atomic E-state index is 0.790. The van der Waals surface area contributed by atoms with E-state index >= 15 is 0 Å². The summed E-state index contributed by atoms with van der Waals surface area (Å²) >= 11 is 0. The van der Waals surface area contributed by atoms with E-state index in [1.54, 1.807) is 0 Å². The summed E-state index contributed by atoms with van der Waals surface area (Å²) in [6, 6.07) is 0.790. The maximum atomic E-state index is 3.20. The Balaban J connectivity index is 2.12. The van der Waals surface area contributed by atoms with Crippen molar-refractivity contribution in [1.82, 2.24) is 10.2 Å². The summed E-state index contributed by atoms with van der Waals surface area (Å²) in [4.78, 5) is 2.64. The highest BCUT2D eigenvalue weighted by molar-refractivity contribution is 4.77. The summed E-state index contributed by atoms with van der Waals surface area (Å²) in [6.07, 6.45) is 4.05. The molecule has 0 saturated carbocycles. The zero-order valence-corrected chi connectivity index (χ0v) is 9.34. The van der Waals surface area contributed by atoms with Gasteiger partial charge in [-0.15, -0.1) is 0 Å². The van der Waals surface area contributed by atoms with Crippen molar-refractivity contribution in [2.75, 3.05) is 26.7 Å². The molecule has 1 fully saturated rings. The van der Waals surface area contributed by atoms with Crippen LogP contribution in [-0.4, -0.2) is 37.6 Å². The lowest BCUT2D eigenvalue weighted by molar-refractivity contribution is 0.236. The molecule has 78 valence electrons. The first-order valence-corrected chi connectivity index (χ1v) is 5.62.